The van der Waals surface area contributed by atoms with Gasteiger partial charge in [0.1, 0.15) is 0 Å². The first kappa shape index (κ1) is 6.64. The van der Waals surface area contributed by atoms with Gasteiger partial charge in [0.2, 0.25) is 0 Å². The van der Waals surface area contributed by atoms with Crippen LogP contribution in [0.3, 0.4) is 0 Å². The topological polar surface area (TPSA) is 12.5 Å². The summed E-state index contributed by atoms with van der Waals surface area (Å²) in [5.74, 6) is 2.67. The lowest BCUT2D eigenvalue weighted by atomic mass is 9.81. The SMILES string of the molecule is C#CC1(C(C)(C)C)CO1. The van der Waals surface area contributed by atoms with Crippen molar-refractivity contribution in [3.63, 3.8) is 0 Å². The zero-order valence-corrected chi connectivity index (χ0v) is 6.19. The monoisotopic (exact) mass is 124 g/mol. The molecule has 1 fully saturated rings. The Morgan fingerprint density at radius 2 is 2.00 bits per heavy atom. The van der Waals surface area contributed by atoms with Crippen molar-refractivity contribution < 1.29 is 4.74 Å². The van der Waals surface area contributed by atoms with Crippen LogP contribution in [0.2, 0.25) is 0 Å². The van der Waals surface area contributed by atoms with Gasteiger partial charge in [0.25, 0.3) is 0 Å². The molecule has 0 spiro atoms. The molecule has 0 radical (unpaired) electrons. The summed E-state index contributed by atoms with van der Waals surface area (Å²) in [6.45, 7) is 7.02. The molecule has 50 valence electrons. The predicted octanol–water partition coefficient (Wildman–Crippen LogP) is 1.43. The van der Waals surface area contributed by atoms with Crippen LogP contribution in [0.25, 0.3) is 0 Å². The van der Waals surface area contributed by atoms with Crippen LogP contribution in [0, 0.1) is 17.8 Å². The summed E-state index contributed by atoms with van der Waals surface area (Å²) < 4.78 is 5.17. The van der Waals surface area contributed by atoms with Gasteiger partial charge in [0.15, 0.2) is 5.60 Å². The molecule has 1 atom stereocenters. The molecular weight excluding hydrogens is 112 g/mol. The van der Waals surface area contributed by atoms with Crippen molar-refractivity contribution in [2.24, 2.45) is 5.41 Å². The van der Waals surface area contributed by atoms with E-state index in [-0.39, 0.29) is 11.0 Å². The molecule has 1 saturated heterocycles. The quantitative estimate of drug-likeness (QED) is 0.351. The lowest BCUT2D eigenvalue weighted by Gasteiger charge is -2.21. The molecule has 0 N–H and O–H groups in total. The smallest absolute Gasteiger partial charge is 0.156 e. The first-order chi connectivity index (χ1) is 4.02. The highest BCUT2D eigenvalue weighted by Gasteiger charge is 2.52. The molecule has 1 unspecified atom stereocenters. The molecule has 9 heavy (non-hydrogen) atoms. The largest absolute Gasteiger partial charge is 0.355 e. The zero-order chi connectivity index (χ0) is 7.12. The first-order valence-electron chi connectivity index (χ1n) is 3.14. The van der Waals surface area contributed by atoms with E-state index in [1.54, 1.807) is 0 Å². The maximum Gasteiger partial charge on any atom is 0.156 e. The van der Waals surface area contributed by atoms with Crippen molar-refractivity contribution >= 4 is 0 Å². The van der Waals surface area contributed by atoms with Gasteiger partial charge in [0, 0.05) is 5.41 Å². The summed E-state index contributed by atoms with van der Waals surface area (Å²) in [6.07, 6.45) is 5.28. The summed E-state index contributed by atoms with van der Waals surface area (Å²) >= 11 is 0. The van der Waals surface area contributed by atoms with Gasteiger partial charge in [0.05, 0.1) is 6.61 Å². The van der Waals surface area contributed by atoms with E-state index in [1.165, 1.54) is 0 Å². The number of terminal acetylenes is 1. The fourth-order valence-corrected chi connectivity index (χ4v) is 0.805. The molecule has 1 nitrogen and oxygen atoms in total. The van der Waals surface area contributed by atoms with Crippen LogP contribution in [-0.2, 0) is 4.74 Å². The van der Waals surface area contributed by atoms with Gasteiger partial charge in [-0.3, -0.25) is 0 Å². The molecule has 0 aliphatic carbocycles. The molecule has 1 rings (SSSR count). The number of ether oxygens (including phenoxy) is 1. The molecule has 0 amide bonds. The minimum Gasteiger partial charge on any atom is -0.355 e. The number of epoxide rings is 1. The predicted molar refractivity (Wildman–Crippen MR) is 37.0 cm³/mol. The van der Waals surface area contributed by atoms with Gasteiger partial charge in [-0.05, 0) is 0 Å². The molecule has 0 aromatic heterocycles. The molecule has 0 aromatic rings. The summed E-state index contributed by atoms with van der Waals surface area (Å²) in [7, 11) is 0. The van der Waals surface area contributed by atoms with Gasteiger partial charge in [-0.25, -0.2) is 0 Å². The summed E-state index contributed by atoms with van der Waals surface area (Å²) in [5, 5.41) is 0. The Kier molecular flexibility index (Phi) is 1.12. The molecule has 0 bridgehead atoms. The molecule has 1 aliphatic heterocycles. The maximum atomic E-state index is 5.28. The minimum absolute atomic E-state index is 0.0990. The molecule has 1 aliphatic rings. The number of hydrogen-bond donors (Lipinski definition) is 0. The van der Waals surface area contributed by atoms with Crippen molar-refractivity contribution in [3.05, 3.63) is 0 Å². The Labute approximate surface area is 56.4 Å². The average molecular weight is 124 g/mol. The van der Waals surface area contributed by atoms with Gasteiger partial charge < -0.3 is 4.74 Å². The molecular formula is C8H12O. The van der Waals surface area contributed by atoms with Gasteiger partial charge in [-0.2, -0.15) is 0 Å². The van der Waals surface area contributed by atoms with Crippen LogP contribution in [0.1, 0.15) is 20.8 Å². The Morgan fingerprint density at radius 3 is 2.00 bits per heavy atom. The fourth-order valence-electron chi connectivity index (χ4n) is 0.805. The molecule has 1 heterocycles. The third-order valence-corrected chi connectivity index (χ3v) is 1.88. The third-order valence-electron chi connectivity index (χ3n) is 1.88. The second-order valence-electron chi connectivity index (χ2n) is 3.51. The fraction of sp³-hybridized carbons (Fsp3) is 0.750. The van der Waals surface area contributed by atoms with Crippen molar-refractivity contribution in [3.8, 4) is 12.3 Å². The lowest BCUT2D eigenvalue weighted by Crippen LogP contribution is -2.28. The molecule has 1 heteroatoms. The highest BCUT2D eigenvalue weighted by Crippen LogP contribution is 2.43. The third kappa shape index (κ3) is 0.840. The second-order valence-corrected chi connectivity index (χ2v) is 3.51. The van der Waals surface area contributed by atoms with Crippen LogP contribution in [0.4, 0.5) is 0 Å². The standard InChI is InChI=1S/C8H12O/c1-5-8(6-9-8)7(2,3)4/h1H,6H2,2-4H3. The highest BCUT2D eigenvalue weighted by molar-refractivity contribution is 5.21. The van der Waals surface area contributed by atoms with Crippen molar-refractivity contribution in [1.82, 2.24) is 0 Å². The lowest BCUT2D eigenvalue weighted by molar-refractivity contribution is 0.209. The normalized spacial score (nSPS) is 33.6. The van der Waals surface area contributed by atoms with E-state index < -0.39 is 0 Å². The van der Waals surface area contributed by atoms with E-state index in [1.807, 2.05) is 0 Å². The van der Waals surface area contributed by atoms with E-state index in [0.29, 0.717) is 0 Å². The van der Waals surface area contributed by atoms with E-state index in [0.717, 1.165) is 6.61 Å². The van der Waals surface area contributed by atoms with Crippen LogP contribution in [0.5, 0.6) is 0 Å². The summed E-state index contributed by atoms with van der Waals surface area (Å²) in [6, 6.07) is 0. The van der Waals surface area contributed by atoms with E-state index in [2.05, 4.69) is 26.7 Å². The Balaban J connectivity index is 2.75. The van der Waals surface area contributed by atoms with Crippen molar-refractivity contribution in [1.29, 1.82) is 0 Å². The number of rotatable bonds is 0. The van der Waals surface area contributed by atoms with E-state index >= 15 is 0 Å². The zero-order valence-electron chi connectivity index (χ0n) is 6.19. The van der Waals surface area contributed by atoms with Gasteiger partial charge >= 0.3 is 0 Å². The van der Waals surface area contributed by atoms with Gasteiger partial charge in [-0.15, -0.1) is 6.42 Å². The van der Waals surface area contributed by atoms with Crippen LogP contribution in [0.15, 0.2) is 0 Å². The summed E-state index contributed by atoms with van der Waals surface area (Å²) in [5.41, 5.74) is -0.144. The second kappa shape index (κ2) is 1.52. The van der Waals surface area contributed by atoms with Crippen molar-refractivity contribution in [2.45, 2.75) is 26.4 Å². The van der Waals surface area contributed by atoms with E-state index in [9.17, 15) is 0 Å². The maximum absolute atomic E-state index is 5.28. The summed E-state index contributed by atoms with van der Waals surface area (Å²) in [4.78, 5) is 0. The first-order valence-corrected chi connectivity index (χ1v) is 3.14. The Morgan fingerprint density at radius 1 is 1.56 bits per heavy atom. The molecule has 0 saturated carbocycles. The van der Waals surface area contributed by atoms with Crippen LogP contribution < -0.4 is 0 Å². The molecule has 0 aromatic carbocycles. The minimum atomic E-state index is -0.243. The Bertz CT molecular complexity index is 152. The van der Waals surface area contributed by atoms with Crippen LogP contribution in [-0.4, -0.2) is 12.2 Å². The van der Waals surface area contributed by atoms with Crippen LogP contribution >= 0.6 is 0 Å². The van der Waals surface area contributed by atoms with Crippen molar-refractivity contribution in [2.75, 3.05) is 6.61 Å². The average Bonchev–Trinajstić information content (AvgIpc) is 2.40. The van der Waals surface area contributed by atoms with E-state index in [4.69, 9.17) is 11.2 Å². The Hall–Kier alpha value is -0.480. The number of hydrogen-bond acceptors (Lipinski definition) is 1. The van der Waals surface area contributed by atoms with Gasteiger partial charge in [-0.1, -0.05) is 26.7 Å². The highest BCUT2D eigenvalue weighted by atomic mass is 16.6.